The van der Waals surface area contributed by atoms with E-state index < -0.39 is 10.0 Å². The molecule has 0 fully saturated rings. The predicted molar refractivity (Wildman–Crippen MR) is 89.4 cm³/mol. The van der Waals surface area contributed by atoms with E-state index in [4.69, 9.17) is 16.3 Å². The minimum atomic E-state index is -3.68. The monoisotopic (exact) mass is 339 g/mol. The van der Waals surface area contributed by atoms with Gasteiger partial charge < -0.3 is 4.74 Å². The van der Waals surface area contributed by atoms with E-state index in [1.165, 1.54) is 11.4 Å². The van der Waals surface area contributed by atoms with Gasteiger partial charge in [0.25, 0.3) is 10.0 Å². The Morgan fingerprint density at radius 3 is 2.32 bits per heavy atom. The molecule has 0 aromatic heterocycles. The van der Waals surface area contributed by atoms with Crippen molar-refractivity contribution in [3.05, 3.63) is 53.1 Å². The molecule has 0 unspecified atom stereocenters. The van der Waals surface area contributed by atoms with Crippen LogP contribution in [0.5, 0.6) is 5.75 Å². The number of rotatable bonds is 5. The Balaban J connectivity index is 2.56. The highest BCUT2D eigenvalue weighted by Crippen LogP contribution is 2.34. The highest BCUT2D eigenvalue weighted by Gasteiger charge is 2.26. The zero-order valence-corrected chi connectivity index (χ0v) is 14.3. The van der Waals surface area contributed by atoms with Gasteiger partial charge in [-0.05, 0) is 44.2 Å². The second-order valence-electron chi connectivity index (χ2n) is 4.80. The van der Waals surface area contributed by atoms with E-state index in [-0.39, 0.29) is 11.4 Å². The number of hydrogen-bond donors (Lipinski definition) is 0. The molecule has 2 aromatic rings. The van der Waals surface area contributed by atoms with Crippen LogP contribution in [0.15, 0.2) is 47.4 Å². The molecule has 4 nitrogen and oxygen atoms in total. The Hall–Kier alpha value is -1.72. The fourth-order valence-electron chi connectivity index (χ4n) is 2.17. The molecule has 0 bridgehead atoms. The van der Waals surface area contributed by atoms with Gasteiger partial charge in [0, 0.05) is 11.6 Å². The third-order valence-corrected chi connectivity index (χ3v) is 5.44. The summed E-state index contributed by atoms with van der Waals surface area (Å²) in [6.45, 7) is 3.95. The zero-order chi connectivity index (χ0) is 16.3. The van der Waals surface area contributed by atoms with Crippen molar-refractivity contribution >= 4 is 27.3 Å². The lowest BCUT2D eigenvalue weighted by molar-refractivity contribution is 0.415. The molecule has 22 heavy (non-hydrogen) atoms. The van der Waals surface area contributed by atoms with Crippen LogP contribution in [0, 0.1) is 6.92 Å². The molecule has 0 spiro atoms. The quantitative estimate of drug-likeness (QED) is 0.830. The summed E-state index contributed by atoms with van der Waals surface area (Å²) in [5.41, 5.74) is 1.43. The Morgan fingerprint density at radius 2 is 1.77 bits per heavy atom. The maximum absolute atomic E-state index is 12.9. The van der Waals surface area contributed by atoms with Crippen LogP contribution in [0.3, 0.4) is 0 Å². The second kappa shape index (κ2) is 6.58. The number of methoxy groups -OCH3 is 1. The minimum absolute atomic E-state index is 0.238. The second-order valence-corrected chi connectivity index (χ2v) is 7.10. The van der Waals surface area contributed by atoms with Crippen molar-refractivity contribution in [3.8, 4) is 5.75 Å². The Labute approximate surface area is 136 Å². The average Bonchev–Trinajstić information content (AvgIpc) is 2.48. The minimum Gasteiger partial charge on any atom is -0.495 e. The number of ether oxygens (including phenoxy) is 1. The number of halogens is 1. The van der Waals surface area contributed by atoms with Gasteiger partial charge in [0.05, 0.1) is 17.7 Å². The summed E-state index contributed by atoms with van der Waals surface area (Å²) in [5, 5.41) is 0.452. The number of nitrogens with zero attached hydrogens (tertiary/aromatic N) is 1. The summed E-state index contributed by atoms with van der Waals surface area (Å²) in [7, 11) is -2.18. The molecule has 2 rings (SSSR count). The van der Waals surface area contributed by atoms with Crippen molar-refractivity contribution in [1.29, 1.82) is 0 Å². The third kappa shape index (κ3) is 3.20. The van der Waals surface area contributed by atoms with Crippen LogP contribution >= 0.6 is 11.6 Å². The van der Waals surface area contributed by atoms with Gasteiger partial charge in [-0.1, -0.05) is 29.3 Å². The van der Waals surface area contributed by atoms with Gasteiger partial charge in [0.1, 0.15) is 5.75 Å². The van der Waals surface area contributed by atoms with Gasteiger partial charge in [-0.15, -0.1) is 0 Å². The van der Waals surface area contributed by atoms with Crippen molar-refractivity contribution in [2.24, 2.45) is 0 Å². The van der Waals surface area contributed by atoms with Gasteiger partial charge in [-0.25, -0.2) is 8.42 Å². The van der Waals surface area contributed by atoms with Crippen molar-refractivity contribution < 1.29 is 13.2 Å². The summed E-state index contributed by atoms with van der Waals surface area (Å²) in [6, 6.07) is 11.7. The highest BCUT2D eigenvalue weighted by molar-refractivity contribution is 7.92. The molecule has 6 heteroatoms. The van der Waals surface area contributed by atoms with Gasteiger partial charge in [0.15, 0.2) is 0 Å². The first-order valence-corrected chi connectivity index (χ1v) is 8.65. The molecule has 0 radical (unpaired) electrons. The molecule has 0 aliphatic carbocycles. The lowest BCUT2D eigenvalue weighted by Gasteiger charge is -2.25. The Bertz CT molecular complexity index is 757. The molecule has 0 heterocycles. The number of hydrogen-bond acceptors (Lipinski definition) is 3. The van der Waals surface area contributed by atoms with E-state index in [2.05, 4.69) is 0 Å². The first-order valence-electron chi connectivity index (χ1n) is 6.83. The lowest BCUT2D eigenvalue weighted by atomic mass is 10.2. The van der Waals surface area contributed by atoms with E-state index in [1.54, 1.807) is 49.4 Å². The molecule has 0 N–H and O–H groups in total. The van der Waals surface area contributed by atoms with Gasteiger partial charge in [-0.3, -0.25) is 4.31 Å². The van der Waals surface area contributed by atoms with Crippen LogP contribution in [-0.2, 0) is 10.0 Å². The maximum Gasteiger partial charge on any atom is 0.264 e. The topological polar surface area (TPSA) is 46.6 Å². The van der Waals surface area contributed by atoms with Crippen LogP contribution in [0.2, 0.25) is 5.02 Å². The number of anilines is 1. The molecular weight excluding hydrogens is 322 g/mol. The first kappa shape index (κ1) is 16.6. The molecule has 0 aliphatic rings. The van der Waals surface area contributed by atoms with E-state index in [0.29, 0.717) is 16.5 Å². The molecule has 0 saturated heterocycles. The van der Waals surface area contributed by atoms with Crippen LogP contribution < -0.4 is 9.04 Å². The number of sulfonamides is 1. The van der Waals surface area contributed by atoms with Crippen LogP contribution in [0.1, 0.15) is 12.5 Å². The maximum atomic E-state index is 12.9. The van der Waals surface area contributed by atoms with Crippen LogP contribution in [-0.4, -0.2) is 22.1 Å². The van der Waals surface area contributed by atoms with Gasteiger partial charge in [-0.2, -0.15) is 0 Å². The predicted octanol–water partition coefficient (Wildman–Crippen LogP) is 3.87. The zero-order valence-electron chi connectivity index (χ0n) is 12.7. The smallest absolute Gasteiger partial charge is 0.264 e. The SMILES string of the molecule is CCN(c1cc(Cl)ccc1OC)S(=O)(=O)c1ccc(C)cc1. The Kier molecular flexibility index (Phi) is 4.98. The Morgan fingerprint density at radius 1 is 1.14 bits per heavy atom. The molecule has 0 atom stereocenters. The van der Waals surface area contributed by atoms with Crippen molar-refractivity contribution in [2.45, 2.75) is 18.7 Å². The number of aryl methyl sites for hydroxylation is 1. The fraction of sp³-hybridized carbons (Fsp3) is 0.250. The lowest BCUT2D eigenvalue weighted by Crippen LogP contribution is -2.31. The van der Waals surface area contributed by atoms with Gasteiger partial charge in [0.2, 0.25) is 0 Å². The standard InChI is InChI=1S/C16H18ClNO3S/c1-4-18(15-11-13(17)7-10-16(15)21-3)22(19,20)14-8-5-12(2)6-9-14/h5-11H,4H2,1-3H3. The molecular formula is C16H18ClNO3S. The molecule has 2 aromatic carbocycles. The van der Waals surface area contributed by atoms with Gasteiger partial charge >= 0.3 is 0 Å². The summed E-state index contributed by atoms with van der Waals surface area (Å²) >= 11 is 6.01. The van der Waals surface area contributed by atoms with E-state index in [0.717, 1.165) is 5.56 Å². The average molecular weight is 340 g/mol. The molecule has 0 amide bonds. The summed E-state index contributed by atoms with van der Waals surface area (Å²) in [5.74, 6) is 0.460. The highest BCUT2D eigenvalue weighted by atomic mass is 35.5. The fourth-order valence-corrected chi connectivity index (χ4v) is 3.81. The summed E-state index contributed by atoms with van der Waals surface area (Å²) < 4.78 is 32.3. The molecule has 0 saturated carbocycles. The normalized spacial score (nSPS) is 11.3. The van der Waals surface area contributed by atoms with E-state index >= 15 is 0 Å². The summed E-state index contributed by atoms with van der Waals surface area (Å²) in [4.78, 5) is 0.238. The summed E-state index contributed by atoms with van der Waals surface area (Å²) in [6.07, 6.45) is 0. The van der Waals surface area contributed by atoms with Crippen LogP contribution in [0.4, 0.5) is 5.69 Å². The van der Waals surface area contributed by atoms with Crippen molar-refractivity contribution in [1.82, 2.24) is 0 Å². The van der Waals surface area contributed by atoms with Crippen molar-refractivity contribution in [2.75, 3.05) is 18.0 Å². The molecule has 118 valence electrons. The number of benzene rings is 2. The van der Waals surface area contributed by atoms with E-state index in [9.17, 15) is 8.42 Å². The first-order chi connectivity index (χ1) is 10.4. The van der Waals surface area contributed by atoms with Crippen molar-refractivity contribution in [3.63, 3.8) is 0 Å². The van der Waals surface area contributed by atoms with E-state index in [1.807, 2.05) is 6.92 Å². The third-order valence-electron chi connectivity index (χ3n) is 3.31. The molecule has 0 aliphatic heterocycles. The van der Waals surface area contributed by atoms with Crippen LogP contribution in [0.25, 0.3) is 0 Å². The largest absolute Gasteiger partial charge is 0.495 e.